The molecule has 0 heterocycles. The Hall–Kier alpha value is -1.93. The minimum absolute atomic E-state index is 0.00561. The zero-order valence-electron chi connectivity index (χ0n) is 18.1. The Labute approximate surface area is 201 Å². The van der Waals surface area contributed by atoms with Crippen LogP contribution in [0.2, 0.25) is 10.0 Å². The number of Topliss-reactive ketones (excluding diaryl/α,β-unsaturated/α-hetero) is 1. The molecule has 0 spiro atoms. The van der Waals surface area contributed by atoms with E-state index in [4.69, 9.17) is 27.9 Å². The molecule has 0 aliphatic rings. The van der Waals surface area contributed by atoms with Crippen LogP contribution in [-0.4, -0.2) is 47.5 Å². The molecule has 0 aliphatic carbocycles. The highest BCUT2D eigenvalue weighted by atomic mass is 35.5. The summed E-state index contributed by atoms with van der Waals surface area (Å²) >= 11 is 13.9. The number of carbonyl (C=O) groups is 2. The van der Waals surface area contributed by atoms with Crippen molar-refractivity contribution in [1.82, 2.24) is 0 Å². The van der Waals surface area contributed by atoms with Gasteiger partial charge in [0.25, 0.3) is 0 Å². The number of benzene rings is 2. The summed E-state index contributed by atoms with van der Waals surface area (Å²) in [5.41, 5.74) is 1.36. The first-order chi connectivity index (χ1) is 15.2. The third kappa shape index (κ3) is 6.78. The maximum Gasteiger partial charge on any atom is 0.310 e. The van der Waals surface area contributed by atoms with Crippen LogP contribution in [0.4, 0.5) is 0 Å². The summed E-state index contributed by atoms with van der Waals surface area (Å²) in [6.45, 7) is 3.35. The van der Waals surface area contributed by atoms with Crippen LogP contribution in [0.1, 0.15) is 41.8 Å². The van der Waals surface area contributed by atoms with Crippen LogP contribution in [0, 0.1) is 0 Å². The van der Waals surface area contributed by atoms with Crippen molar-refractivity contribution in [3.8, 4) is 11.5 Å². The summed E-state index contributed by atoms with van der Waals surface area (Å²) in [6.07, 6.45) is 0.494. The van der Waals surface area contributed by atoms with Crippen molar-refractivity contribution in [3.05, 3.63) is 51.0 Å². The number of aliphatic hydroxyl groups excluding tert-OH is 1. The Bertz CT molecular complexity index is 979. The molecule has 2 N–H and O–H groups in total. The molecule has 6 nitrogen and oxygen atoms in total. The molecule has 2 rings (SSSR count). The first-order valence-corrected chi connectivity index (χ1v) is 11.8. The van der Waals surface area contributed by atoms with Crippen molar-refractivity contribution in [2.24, 2.45) is 0 Å². The van der Waals surface area contributed by atoms with E-state index in [-0.39, 0.29) is 40.9 Å². The number of methoxy groups -OCH3 is 1. The number of aliphatic hydroxyl groups is 1. The van der Waals surface area contributed by atoms with E-state index in [0.29, 0.717) is 33.2 Å². The van der Waals surface area contributed by atoms with E-state index >= 15 is 0 Å². The normalized spacial score (nSPS) is 11.8. The maximum atomic E-state index is 11.7. The third-order valence-corrected chi connectivity index (χ3v) is 6.91. The van der Waals surface area contributed by atoms with E-state index in [2.05, 4.69) is 4.74 Å². The smallest absolute Gasteiger partial charge is 0.310 e. The minimum Gasteiger partial charge on any atom is -0.507 e. The molecule has 0 aliphatic heterocycles. The van der Waals surface area contributed by atoms with E-state index in [0.717, 1.165) is 6.42 Å². The number of thioether (sulfide) groups is 1. The standard InChI is InChI=1S/C23H26Cl2O6S/c1-4-5-17-18(8-7-16(13(2)26)23(17)29)31-11-15(27)12-32-19-9-6-14(10-20(28)30-3)21(24)22(19)25/h6-9,15,27,29H,4-5,10-12H2,1-3H3. The molecule has 1 atom stereocenters. The Morgan fingerprint density at radius 2 is 1.88 bits per heavy atom. The fourth-order valence-corrected chi connectivity index (χ4v) is 4.49. The molecule has 0 fully saturated rings. The summed E-state index contributed by atoms with van der Waals surface area (Å²) in [5, 5.41) is 21.4. The molecular weight excluding hydrogens is 475 g/mol. The largest absolute Gasteiger partial charge is 0.507 e. The molecule has 0 radical (unpaired) electrons. The molecule has 1 unspecified atom stereocenters. The second-order valence-corrected chi connectivity index (χ2v) is 8.94. The summed E-state index contributed by atoms with van der Waals surface area (Å²) in [4.78, 5) is 23.8. The van der Waals surface area contributed by atoms with E-state index in [1.807, 2.05) is 6.92 Å². The summed E-state index contributed by atoms with van der Waals surface area (Å²) in [6, 6.07) is 6.60. The quantitative estimate of drug-likeness (QED) is 0.251. The van der Waals surface area contributed by atoms with Gasteiger partial charge >= 0.3 is 5.97 Å². The number of ether oxygens (including phenoxy) is 2. The number of phenolic OH excluding ortho intramolecular Hbond substituents is 1. The highest BCUT2D eigenvalue weighted by molar-refractivity contribution is 7.99. The van der Waals surface area contributed by atoms with Crippen molar-refractivity contribution in [2.45, 2.75) is 44.1 Å². The highest BCUT2D eigenvalue weighted by Crippen LogP contribution is 2.36. The lowest BCUT2D eigenvalue weighted by Crippen LogP contribution is -2.20. The van der Waals surface area contributed by atoms with Crippen LogP contribution in [-0.2, 0) is 22.4 Å². The lowest BCUT2D eigenvalue weighted by Gasteiger charge is -2.17. The SMILES string of the molecule is CCCc1c(OCC(O)CSc2ccc(CC(=O)OC)c(Cl)c2Cl)ccc(C(C)=O)c1O. The summed E-state index contributed by atoms with van der Waals surface area (Å²) in [5.74, 6) is 0.00471. The number of rotatable bonds is 11. The lowest BCUT2D eigenvalue weighted by atomic mass is 10.0. The minimum atomic E-state index is -0.825. The Morgan fingerprint density at radius 3 is 2.50 bits per heavy atom. The van der Waals surface area contributed by atoms with E-state index in [9.17, 15) is 19.8 Å². The van der Waals surface area contributed by atoms with E-state index in [1.54, 1.807) is 18.2 Å². The van der Waals surface area contributed by atoms with Gasteiger partial charge in [-0.2, -0.15) is 0 Å². The van der Waals surface area contributed by atoms with Crippen molar-refractivity contribution in [1.29, 1.82) is 0 Å². The van der Waals surface area contributed by atoms with Gasteiger partial charge in [-0.1, -0.05) is 42.6 Å². The molecule has 0 amide bonds. The monoisotopic (exact) mass is 500 g/mol. The molecular formula is C23H26Cl2O6S. The van der Waals surface area contributed by atoms with Crippen molar-refractivity contribution < 1.29 is 29.3 Å². The first kappa shape index (κ1) is 26.3. The van der Waals surface area contributed by atoms with E-state index < -0.39 is 12.1 Å². The fourth-order valence-electron chi connectivity index (χ4n) is 3.00. The number of ketones is 1. The maximum absolute atomic E-state index is 11.7. The summed E-state index contributed by atoms with van der Waals surface area (Å²) < 4.78 is 10.4. The van der Waals surface area contributed by atoms with E-state index in [1.165, 1.54) is 31.9 Å². The Kier molecular flexibility index (Phi) is 10.2. The van der Waals surface area contributed by atoms with Gasteiger partial charge in [-0.3, -0.25) is 9.59 Å². The second kappa shape index (κ2) is 12.3. The van der Waals surface area contributed by atoms with Gasteiger partial charge in [0.15, 0.2) is 5.78 Å². The fraction of sp³-hybridized carbons (Fsp3) is 0.391. The van der Waals surface area contributed by atoms with Gasteiger partial charge in [-0.05, 0) is 37.1 Å². The first-order valence-electron chi connectivity index (χ1n) is 10.0. The molecule has 2 aromatic rings. The second-order valence-electron chi connectivity index (χ2n) is 7.12. The number of carbonyl (C=O) groups excluding carboxylic acids is 2. The van der Waals surface area contributed by atoms with Crippen molar-refractivity contribution >= 4 is 46.7 Å². The van der Waals surface area contributed by atoms with Gasteiger partial charge in [0.1, 0.15) is 18.1 Å². The van der Waals surface area contributed by atoms with Gasteiger partial charge in [0.2, 0.25) is 0 Å². The van der Waals surface area contributed by atoms with Gasteiger partial charge < -0.3 is 19.7 Å². The highest BCUT2D eigenvalue weighted by Gasteiger charge is 2.18. The number of esters is 1. The molecule has 0 saturated carbocycles. The number of halogens is 2. The number of aromatic hydroxyl groups is 1. The zero-order valence-corrected chi connectivity index (χ0v) is 20.4. The molecule has 0 bridgehead atoms. The lowest BCUT2D eigenvalue weighted by molar-refractivity contribution is -0.139. The molecule has 0 aromatic heterocycles. The Morgan fingerprint density at radius 1 is 1.16 bits per heavy atom. The van der Waals surface area contributed by atoms with Crippen LogP contribution >= 0.6 is 35.0 Å². The van der Waals surface area contributed by atoms with Crippen molar-refractivity contribution in [2.75, 3.05) is 19.5 Å². The van der Waals surface area contributed by atoms with Crippen LogP contribution in [0.5, 0.6) is 11.5 Å². The van der Waals surface area contributed by atoms with Gasteiger partial charge in [-0.15, -0.1) is 11.8 Å². The number of hydrogen-bond acceptors (Lipinski definition) is 7. The van der Waals surface area contributed by atoms with Crippen LogP contribution in [0.25, 0.3) is 0 Å². The van der Waals surface area contributed by atoms with Gasteiger partial charge in [-0.25, -0.2) is 0 Å². The Balaban J connectivity index is 2.01. The molecule has 32 heavy (non-hydrogen) atoms. The zero-order chi connectivity index (χ0) is 23.8. The predicted octanol–water partition coefficient (Wildman–Crippen LogP) is 5.10. The van der Waals surface area contributed by atoms with Crippen LogP contribution in [0.15, 0.2) is 29.2 Å². The average Bonchev–Trinajstić information content (AvgIpc) is 2.76. The predicted molar refractivity (Wildman–Crippen MR) is 127 cm³/mol. The average molecular weight is 501 g/mol. The van der Waals surface area contributed by atoms with Crippen LogP contribution < -0.4 is 4.74 Å². The molecule has 2 aromatic carbocycles. The molecule has 0 saturated heterocycles. The topological polar surface area (TPSA) is 93.1 Å². The van der Waals surface area contributed by atoms with Crippen LogP contribution in [0.3, 0.4) is 0 Å². The number of phenols is 1. The van der Waals surface area contributed by atoms with Crippen molar-refractivity contribution in [3.63, 3.8) is 0 Å². The van der Waals surface area contributed by atoms with Gasteiger partial charge in [0, 0.05) is 16.2 Å². The summed E-state index contributed by atoms with van der Waals surface area (Å²) in [7, 11) is 1.30. The number of hydrogen-bond donors (Lipinski definition) is 2. The molecule has 174 valence electrons. The molecule has 9 heteroatoms. The third-order valence-electron chi connectivity index (χ3n) is 4.67. The van der Waals surface area contributed by atoms with Gasteiger partial charge in [0.05, 0.1) is 35.2 Å².